The fraction of sp³-hybridized carbons (Fsp3) is 0.462. The average molecular weight is 498 g/mol. The minimum absolute atomic E-state index is 0.147. The summed E-state index contributed by atoms with van der Waals surface area (Å²) in [7, 11) is 0. The van der Waals surface area contributed by atoms with Crippen molar-refractivity contribution in [3.05, 3.63) is 65.7 Å². The minimum Gasteiger partial charge on any atom is -0.494 e. The molecule has 0 aromatic heterocycles. The molecule has 2 aromatic rings. The topological polar surface area (TPSA) is 95.9 Å². The summed E-state index contributed by atoms with van der Waals surface area (Å²) in [6, 6.07) is 18.7. The first-order chi connectivity index (χ1) is 16.7. The molecule has 0 bridgehead atoms. The summed E-state index contributed by atoms with van der Waals surface area (Å²) in [5, 5.41) is 18.9. The molecule has 0 saturated carbocycles. The van der Waals surface area contributed by atoms with E-state index in [1.807, 2.05) is 24.3 Å². The molecule has 0 aliphatic carbocycles. The van der Waals surface area contributed by atoms with Gasteiger partial charge in [-0.3, -0.25) is 4.79 Å². The van der Waals surface area contributed by atoms with Crippen LogP contribution >= 0.6 is 0 Å². The zero-order chi connectivity index (χ0) is 25.9. The number of unbranched alkanes of at least 4 members (excludes halogenated alkanes) is 5. The van der Waals surface area contributed by atoms with Gasteiger partial charge < -0.3 is 20.3 Å². The highest BCUT2D eigenvalue weighted by molar-refractivity contribution is 5.73. The van der Waals surface area contributed by atoms with E-state index >= 15 is 0 Å². The SMILES string of the molecule is O=C(O)C(F)(F)F.O=C(O)CCNCc1ccc(OCCCCCCCCc2ccccc2)cc1. The van der Waals surface area contributed by atoms with Crippen molar-refractivity contribution in [1.29, 1.82) is 0 Å². The number of aryl methyl sites for hydroxylation is 1. The predicted octanol–water partition coefficient (Wildman–Crippen LogP) is 5.85. The largest absolute Gasteiger partial charge is 0.494 e. The zero-order valence-corrected chi connectivity index (χ0v) is 19.7. The molecule has 0 unspecified atom stereocenters. The van der Waals surface area contributed by atoms with E-state index in [4.69, 9.17) is 19.7 Å². The lowest BCUT2D eigenvalue weighted by Crippen LogP contribution is -2.21. The first-order valence-electron chi connectivity index (χ1n) is 11.7. The van der Waals surface area contributed by atoms with Crippen LogP contribution in [0.1, 0.15) is 56.1 Å². The number of carboxylic acids is 2. The van der Waals surface area contributed by atoms with E-state index < -0.39 is 18.1 Å². The summed E-state index contributed by atoms with van der Waals surface area (Å²) in [6.07, 6.45) is 3.72. The molecule has 2 rings (SSSR count). The van der Waals surface area contributed by atoms with Crippen LogP contribution in [0.3, 0.4) is 0 Å². The Hall–Kier alpha value is -3.07. The summed E-state index contributed by atoms with van der Waals surface area (Å²) in [6.45, 7) is 1.93. The van der Waals surface area contributed by atoms with Gasteiger partial charge in [-0.05, 0) is 42.5 Å². The van der Waals surface area contributed by atoms with Gasteiger partial charge in [0.05, 0.1) is 13.0 Å². The number of carbonyl (C=O) groups is 2. The van der Waals surface area contributed by atoms with E-state index in [1.165, 1.54) is 44.1 Å². The van der Waals surface area contributed by atoms with Crippen LogP contribution in [0.15, 0.2) is 54.6 Å². The van der Waals surface area contributed by atoms with Crippen molar-refractivity contribution in [3.63, 3.8) is 0 Å². The summed E-state index contributed by atoms with van der Waals surface area (Å²) in [5.74, 6) is -2.63. The van der Waals surface area contributed by atoms with Gasteiger partial charge in [0, 0.05) is 13.1 Å². The highest BCUT2D eigenvalue weighted by Crippen LogP contribution is 2.14. The number of carboxylic acid groups (broad SMARTS) is 2. The average Bonchev–Trinajstić information content (AvgIpc) is 2.82. The van der Waals surface area contributed by atoms with Crippen molar-refractivity contribution >= 4 is 11.9 Å². The zero-order valence-electron chi connectivity index (χ0n) is 19.7. The molecule has 0 aliphatic rings. The quantitative estimate of drug-likeness (QED) is 0.267. The highest BCUT2D eigenvalue weighted by Gasteiger charge is 2.38. The molecular weight excluding hydrogens is 463 g/mol. The normalized spacial score (nSPS) is 10.8. The van der Waals surface area contributed by atoms with Crippen LogP contribution in [0.25, 0.3) is 0 Å². The molecule has 0 atom stereocenters. The number of ether oxygens (including phenoxy) is 1. The van der Waals surface area contributed by atoms with Crippen LogP contribution in [0.4, 0.5) is 13.2 Å². The second kappa shape index (κ2) is 17.4. The van der Waals surface area contributed by atoms with Gasteiger partial charge in [-0.2, -0.15) is 13.2 Å². The summed E-state index contributed by atoms with van der Waals surface area (Å²) in [5.41, 5.74) is 2.58. The maximum Gasteiger partial charge on any atom is 0.490 e. The van der Waals surface area contributed by atoms with Gasteiger partial charge in [-0.15, -0.1) is 0 Å². The Morgan fingerprint density at radius 1 is 0.800 bits per heavy atom. The molecular formula is C26H34F3NO5. The maximum atomic E-state index is 10.6. The summed E-state index contributed by atoms with van der Waals surface area (Å²) < 4.78 is 37.5. The van der Waals surface area contributed by atoms with Crippen LogP contribution in [0, 0.1) is 0 Å². The van der Waals surface area contributed by atoms with E-state index in [0.29, 0.717) is 13.1 Å². The van der Waals surface area contributed by atoms with E-state index in [-0.39, 0.29) is 6.42 Å². The number of hydrogen-bond acceptors (Lipinski definition) is 4. The Morgan fingerprint density at radius 3 is 1.94 bits per heavy atom. The van der Waals surface area contributed by atoms with Gasteiger partial charge in [-0.25, -0.2) is 4.79 Å². The highest BCUT2D eigenvalue weighted by atomic mass is 19.4. The molecule has 0 heterocycles. The summed E-state index contributed by atoms with van der Waals surface area (Å²) >= 11 is 0. The van der Waals surface area contributed by atoms with Crippen molar-refractivity contribution in [2.24, 2.45) is 0 Å². The Labute approximate surface area is 204 Å². The van der Waals surface area contributed by atoms with Gasteiger partial charge in [0.1, 0.15) is 5.75 Å². The molecule has 194 valence electrons. The molecule has 9 heteroatoms. The third-order valence-electron chi connectivity index (χ3n) is 4.98. The molecule has 0 spiro atoms. The Bertz CT molecular complexity index is 842. The van der Waals surface area contributed by atoms with Gasteiger partial charge in [0.25, 0.3) is 0 Å². The lowest BCUT2D eigenvalue weighted by atomic mass is 10.1. The van der Waals surface area contributed by atoms with Crippen LogP contribution < -0.4 is 10.1 Å². The molecule has 0 saturated heterocycles. The lowest BCUT2D eigenvalue weighted by Gasteiger charge is -2.08. The van der Waals surface area contributed by atoms with Crippen molar-refractivity contribution < 1.29 is 37.7 Å². The molecule has 2 aromatic carbocycles. The maximum absolute atomic E-state index is 10.6. The number of halogens is 3. The first-order valence-corrected chi connectivity index (χ1v) is 11.7. The van der Waals surface area contributed by atoms with Gasteiger partial charge in [0.15, 0.2) is 0 Å². The van der Waals surface area contributed by atoms with Crippen molar-refractivity contribution in [2.75, 3.05) is 13.2 Å². The number of aliphatic carboxylic acids is 2. The number of alkyl halides is 3. The van der Waals surface area contributed by atoms with Gasteiger partial charge in [0.2, 0.25) is 0 Å². The molecule has 6 nitrogen and oxygen atoms in total. The fourth-order valence-corrected chi connectivity index (χ4v) is 3.10. The van der Waals surface area contributed by atoms with E-state index in [0.717, 1.165) is 24.3 Å². The third kappa shape index (κ3) is 16.2. The van der Waals surface area contributed by atoms with Crippen molar-refractivity contribution in [1.82, 2.24) is 5.32 Å². The molecule has 0 amide bonds. The second-order valence-corrected chi connectivity index (χ2v) is 7.97. The number of benzene rings is 2. The lowest BCUT2D eigenvalue weighted by molar-refractivity contribution is -0.192. The standard InChI is InChI=1S/C24H33NO3.C2HF3O2/c26-24(27)17-18-25-20-22-13-15-23(16-14-22)28-19-9-4-2-1-3-6-10-21-11-7-5-8-12-21;3-2(4,5)1(6)7/h5,7-8,11-16,25H,1-4,6,9-10,17-20H2,(H,26,27);(H,6,7). The minimum atomic E-state index is -5.08. The fourth-order valence-electron chi connectivity index (χ4n) is 3.10. The van der Waals surface area contributed by atoms with E-state index in [1.54, 1.807) is 0 Å². The molecule has 3 N–H and O–H groups in total. The summed E-state index contributed by atoms with van der Waals surface area (Å²) in [4.78, 5) is 19.4. The van der Waals surface area contributed by atoms with E-state index in [2.05, 4.69) is 35.6 Å². The van der Waals surface area contributed by atoms with Crippen molar-refractivity contribution in [2.45, 2.75) is 64.1 Å². The Balaban J connectivity index is 0.000000762. The first kappa shape index (κ1) is 30.0. The molecule has 0 aliphatic heterocycles. The number of hydrogen-bond donors (Lipinski definition) is 3. The van der Waals surface area contributed by atoms with Gasteiger partial charge >= 0.3 is 18.1 Å². The van der Waals surface area contributed by atoms with Crippen molar-refractivity contribution in [3.8, 4) is 5.75 Å². The Morgan fingerprint density at radius 2 is 1.37 bits per heavy atom. The van der Waals surface area contributed by atoms with Crippen LogP contribution in [0.2, 0.25) is 0 Å². The molecule has 0 radical (unpaired) electrons. The second-order valence-electron chi connectivity index (χ2n) is 7.97. The van der Waals surface area contributed by atoms with E-state index in [9.17, 15) is 18.0 Å². The monoisotopic (exact) mass is 497 g/mol. The van der Waals surface area contributed by atoms with Crippen LogP contribution in [0.5, 0.6) is 5.75 Å². The Kier molecular flexibility index (Phi) is 14.9. The van der Waals surface area contributed by atoms with Crippen LogP contribution in [-0.2, 0) is 22.6 Å². The third-order valence-corrected chi connectivity index (χ3v) is 4.98. The number of rotatable bonds is 15. The van der Waals surface area contributed by atoms with Crippen LogP contribution in [-0.4, -0.2) is 41.5 Å². The molecule has 35 heavy (non-hydrogen) atoms. The molecule has 0 fully saturated rings. The number of nitrogens with one attached hydrogen (secondary N) is 1. The van der Waals surface area contributed by atoms with Gasteiger partial charge in [-0.1, -0.05) is 68.1 Å². The predicted molar refractivity (Wildman–Crippen MR) is 127 cm³/mol. The smallest absolute Gasteiger partial charge is 0.490 e.